The summed E-state index contributed by atoms with van der Waals surface area (Å²) in [6.07, 6.45) is -0.320. The fraction of sp³-hybridized carbons (Fsp3) is 0.133. The second kappa shape index (κ2) is 6.14. The van der Waals surface area contributed by atoms with Crippen LogP contribution < -0.4 is 0 Å². The normalized spacial score (nSPS) is 10.7. The summed E-state index contributed by atoms with van der Waals surface area (Å²) in [7, 11) is 0. The van der Waals surface area contributed by atoms with E-state index in [1.807, 2.05) is 13.0 Å². The molecule has 0 aromatic heterocycles. The summed E-state index contributed by atoms with van der Waals surface area (Å²) in [5.41, 5.74) is 1.09. The Kier molecular flexibility index (Phi) is 4.70. The van der Waals surface area contributed by atoms with E-state index in [-0.39, 0.29) is 22.2 Å². The highest BCUT2D eigenvalue weighted by atomic mass is 79.9. The van der Waals surface area contributed by atoms with Gasteiger partial charge >= 0.3 is 0 Å². The van der Waals surface area contributed by atoms with Crippen molar-refractivity contribution in [3.8, 4) is 0 Å². The molecule has 0 saturated carbocycles. The number of hydrogen-bond acceptors (Lipinski definition) is 1. The molecule has 5 heteroatoms. The number of Topliss-reactive ketones (excluding diaryl/α,β-unsaturated/α-hetero) is 1. The Morgan fingerprint density at radius 1 is 1.15 bits per heavy atom. The van der Waals surface area contributed by atoms with E-state index in [1.165, 1.54) is 6.07 Å². The minimum absolute atomic E-state index is 0.144. The van der Waals surface area contributed by atoms with Crippen molar-refractivity contribution < 1.29 is 13.6 Å². The molecular weight excluding hydrogens is 394 g/mol. The van der Waals surface area contributed by atoms with Gasteiger partial charge in [-0.2, -0.15) is 0 Å². The smallest absolute Gasteiger partial charge is 0.168 e. The van der Waals surface area contributed by atoms with Gasteiger partial charge in [0.05, 0.1) is 4.47 Å². The zero-order valence-corrected chi connectivity index (χ0v) is 13.7. The van der Waals surface area contributed by atoms with Crippen LogP contribution >= 0.6 is 31.9 Å². The summed E-state index contributed by atoms with van der Waals surface area (Å²) in [6, 6.07) is 7.64. The molecule has 0 aliphatic heterocycles. The van der Waals surface area contributed by atoms with Gasteiger partial charge in [-0.05, 0) is 56.5 Å². The first-order valence-corrected chi connectivity index (χ1v) is 7.41. The van der Waals surface area contributed by atoms with Crippen LogP contribution in [0.1, 0.15) is 21.5 Å². The monoisotopic (exact) mass is 402 g/mol. The molecule has 2 aromatic rings. The fourth-order valence-electron chi connectivity index (χ4n) is 1.85. The standard InChI is InChI=1S/C15H10Br2F2O/c1-8-3-2-4-9(14(8)17)13(20)7-10-12(18)6-5-11(16)15(10)19/h2-6H,7H2,1H3. The maximum atomic E-state index is 13.9. The summed E-state index contributed by atoms with van der Waals surface area (Å²) in [6.45, 7) is 1.85. The number of carbonyl (C=O) groups is 1. The molecule has 0 atom stereocenters. The lowest BCUT2D eigenvalue weighted by atomic mass is 10.0. The summed E-state index contributed by atoms with van der Waals surface area (Å²) in [4.78, 5) is 12.2. The fourth-order valence-corrected chi connectivity index (χ4v) is 2.71. The third kappa shape index (κ3) is 2.99. The minimum atomic E-state index is -0.734. The quantitative estimate of drug-likeness (QED) is 0.507. The first-order valence-electron chi connectivity index (χ1n) is 5.82. The van der Waals surface area contributed by atoms with Gasteiger partial charge in [-0.25, -0.2) is 8.78 Å². The van der Waals surface area contributed by atoms with E-state index in [0.717, 1.165) is 11.6 Å². The molecule has 0 aliphatic carbocycles. The lowest BCUT2D eigenvalue weighted by molar-refractivity contribution is 0.0989. The highest BCUT2D eigenvalue weighted by Gasteiger charge is 2.18. The van der Waals surface area contributed by atoms with Crippen molar-refractivity contribution in [1.29, 1.82) is 0 Å². The number of carbonyl (C=O) groups excluding carboxylic acids is 1. The molecule has 0 aliphatic rings. The SMILES string of the molecule is Cc1cccc(C(=O)Cc2c(F)ccc(Br)c2F)c1Br. The number of aryl methyl sites for hydroxylation is 1. The third-order valence-corrected chi connectivity index (χ3v) is 4.63. The molecule has 2 rings (SSSR count). The first kappa shape index (κ1) is 15.3. The predicted molar refractivity (Wildman–Crippen MR) is 81.0 cm³/mol. The van der Waals surface area contributed by atoms with Gasteiger partial charge in [0.2, 0.25) is 0 Å². The summed E-state index contributed by atoms with van der Waals surface area (Å²) in [5.74, 6) is -1.79. The van der Waals surface area contributed by atoms with Gasteiger partial charge in [0, 0.05) is 22.0 Å². The molecule has 2 aromatic carbocycles. The second-order valence-corrected chi connectivity index (χ2v) is 6.01. The van der Waals surface area contributed by atoms with Crippen LogP contribution in [-0.2, 0) is 6.42 Å². The van der Waals surface area contributed by atoms with Crippen LogP contribution in [0.15, 0.2) is 39.3 Å². The van der Waals surface area contributed by atoms with E-state index in [0.29, 0.717) is 10.0 Å². The van der Waals surface area contributed by atoms with Gasteiger partial charge in [-0.1, -0.05) is 18.2 Å². The lowest BCUT2D eigenvalue weighted by Gasteiger charge is -2.08. The van der Waals surface area contributed by atoms with Gasteiger partial charge < -0.3 is 0 Å². The van der Waals surface area contributed by atoms with Crippen molar-refractivity contribution in [2.45, 2.75) is 13.3 Å². The van der Waals surface area contributed by atoms with Gasteiger partial charge in [0.1, 0.15) is 11.6 Å². The van der Waals surface area contributed by atoms with Gasteiger partial charge in [-0.15, -0.1) is 0 Å². The zero-order valence-electron chi connectivity index (χ0n) is 10.5. The van der Waals surface area contributed by atoms with Crippen LogP contribution in [0.5, 0.6) is 0 Å². The number of hydrogen-bond donors (Lipinski definition) is 0. The van der Waals surface area contributed by atoms with E-state index in [9.17, 15) is 13.6 Å². The molecule has 0 amide bonds. The van der Waals surface area contributed by atoms with Gasteiger partial charge in [0.25, 0.3) is 0 Å². The maximum absolute atomic E-state index is 13.9. The average Bonchev–Trinajstić information content (AvgIpc) is 2.42. The molecular formula is C15H10Br2F2O. The minimum Gasteiger partial charge on any atom is -0.294 e. The highest BCUT2D eigenvalue weighted by molar-refractivity contribution is 9.10. The van der Waals surface area contributed by atoms with E-state index in [4.69, 9.17) is 0 Å². The second-order valence-electron chi connectivity index (χ2n) is 4.36. The molecule has 104 valence electrons. The lowest BCUT2D eigenvalue weighted by Crippen LogP contribution is -2.09. The number of ketones is 1. The van der Waals surface area contributed by atoms with Crippen LogP contribution in [0.25, 0.3) is 0 Å². The van der Waals surface area contributed by atoms with E-state index in [2.05, 4.69) is 31.9 Å². The van der Waals surface area contributed by atoms with E-state index in [1.54, 1.807) is 12.1 Å². The van der Waals surface area contributed by atoms with Crippen molar-refractivity contribution in [2.75, 3.05) is 0 Å². The number of rotatable bonds is 3. The van der Waals surface area contributed by atoms with Crippen LogP contribution in [0.4, 0.5) is 8.78 Å². The Labute approximate surface area is 132 Å². The van der Waals surface area contributed by atoms with E-state index >= 15 is 0 Å². The van der Waals surface area contributed by atoms with Gasteiger partial charge in [0.15, 0.2) is 5.78 Å². The molecule has 0 radical (unpaired) electrons. The van der Waals surface area contributed by atoms with Crippen LogP contribution in [0.3, 0.4) is 0 Å². The molecule has 1 nitrogen and oxygen atoms in total. The molecule has 20 heavy (non-hydrogen) atoms. The van der Waals surface area contributed by atoms with Crippen molar-refractivity contribution >= 4 is 37.6 Å². The Morgan fingerprint density at radius 2 is 1.85 bits per heavy atom. The van der Waals surface area contributed by atoms with Crippen molar-refractivity contribution in [1.82, 2.24) is 0 Å². The van der Waals surface area contributed by atoms with E-state index < -0.39 is 11.6 Å². The zero-order chi connectivity index (χ0) is 14.9. The summed E-state index contributed by atoms with van der Waals surface area (Å²) < 4.78 is 28.3. The average molecular weight is 404 g/mol. The van der Waals surface area contributed by atoms with Crippen LogP contribution in [0, 0.1) is 18.6 Å². The Bertz CT molecular complexity index is 684. The molecule has 0 N–H and O–H groups in total. The van der Waals surface area contributed by atoms with Crippen molar-refractivity contribution in [3.63, 3.8) is 0 Å². The molecule has 0 fully saturated rings. The van der Waals surface area contributed by atoms with Crippen LogP contribution in [0.2, 0.25) is 0 Å². The number of halogens is 4. The molecule has 0 unspecified atom stereocenters. The Morgan fingerprint density at radius 3 is 2.55 bits per heavy atom. The van der Waals surface area contributed by atoms with Crippen molar-refractivity contribution in [2.24, 2.45) is 0 Å². The Hall–Kier alpha value is -1.07. The predicted octanol–water partition coefficient (Wildman–Crippen LogP) is 5.22. The van der Waals surface area contributed by atoms with Crippen LogP contribution in [-0.4, -0.2) is 5.78 Å². The maximum Gasteiger partial charge on any atom is 0.168 e. The van der Waals surface area contributed by atoms with Gasteiger partial charge in [-0.3, -0.25) is 4.79 Å². The largest absolute Gasteiger partial charge is 0.294 e. The van der Waals surface area contributed by atoms with Crippen molar-refractivity contribution in [3.05, 3.63) is 67.6 Å². The number of benzene rings is 2. The first-order chi connectivity index (χ1) is 9.41. The Balaban J connectivity index is 2.38. The molecule has 0 saturated heterocycles. The molecule has 0 bridgehead atoms. The summed E-state index contributed by atoms with van der Waals surface area (Å²) in [5, 5.41) is 0. The summed E-state index contributed by atoms with van der Waals surface area (Å²) >= 11 is 6.32. The molecule has 0 spiro atoms. The third-order valence-electron chi connectivity index (χ3n) is 2.97. The molecule has 0 heterocycles. The topological polar surface area (TPSA) is 17.1 Å². The highest BCUT2D eigenvalue weighted by Crippen LogP contribution is 2.26.